The second kappa shape index (κ2) is 13.0. The number of amides is 3. The number of aromatic amines is 1. The number of aromatic nitrogens is 5. The highest BCUT2D eigenvalue weighted by Gasteiger charge is 2.37. The average Bonchev–Trinajstić information content (AvgIpc) is 3.80. The number of fused-ring (bicyclic) bond motifs is 1. The third-order valence-electron chi connectivity index (χ3n) is 8.47. The number of hydrogen-bond donors (Lipinski definition) is 3. The Balaban J connectivity index is 1.06. The number of H-pyrrole nitrogens is 1. The molecular formula is C32H35F4N9O4. The van der Waals surface area contributed by atoms with Crippen LogP contribution in [-0.2, 0) is 15.7 Å². The van der Waals surface area contributed by atoms with Gasteiger partial charge in [0.1, 0.15) is 17.1 Å². The highest BCUT2D eigenvalue weighted by Crippen LogP contribution is 2.36. The summed E-state index contributed by atoms with van der Waals surface area (Å²) in [5, 5.41) is 11.3. The fraction of sp³-hybridized carbons (Fsp3) is 0.438. The van der Waals surface area contributed by atoms with Gasteiger partial charge in [0.05, 0.1) is 29.2 Å². The molecule has 4 aromatic rings. The van der Waals surface area contributed by atoms with E-state index in [1.807, 2.05) is 5.10 Å². The number of ether oxygens (including phenoxy) is 1. The van der Waals surface area contributed by atoms with Crippen LogP contribution in [0.4, 0.5) is 33.9 Å². The topological polar surface area (TPSA) is 150 Å². The lowest BCUT2D eigenvalue weighted by Crippen LogP contribution is -2.52. The number of carbonyl (C=O) groups is 3. The van der Waals surface area contributed by atoms with Crippen LogP contribution in [0.25, 0.3) is 16.9 Å². The minimum atomic E-state index is -4.66. The predicted molar refractivity (Wildman–Crippen MR) is 168 cm³/mol. The maximum absolute atomic E-state index is 15.3. The van der Waals surface area contributed by atoms with E-state index >= 15 is 4.39 Å². The maximum Gasteiger partial charge on any atom is 0.433 e. The quantitative estimate of drug-likeness (QED) is 0.240. The van der Waals surface area contributed by atoms with Crippen LogP contribution in [0.15, 0.2) is 43.0 Å². The molecule has 3 N–H and O–H groups in total. The SMILES string of the molecule is CC(C)(C)OC(=O)N[C@@H]1CC[C@H](C(=O)N2CCN(C(=O)c3ccc(Nc4nccn5c(-c6cn[nH]c6C(F)(F)F)cnc45)cc3F)CC2)C1. The second-order valence-corrected chi connectivity index (χ2v) is 13.1. The summed E-state index contributed by atoms with van der Waals surface area (Å²) in [4.78, 5) is 50.2. The number of nitrogens with one attached hydrogen (secondary N) is 3. The van der Waals surface area contributed by atoms with Crippen LogP contribution < -0.4 is 10.6 Å². The largest absolute Gasteiger partial charge is 0.444 e. The summed E-state index contributed by atoms with van der Waals surface area (Å²) in [5.41, 5.74) is -1.43. The Kier molecular flexibility index (Phi) is 8.94. The smallest absolute Gasteiger partial charge is 0.433 e. The lowest BCUT2D eigenvalue weighted by Gasteiger charge is -2.36. The van der Waals surface area contributed by atoms with Gasteiger partial charge in [-0.3, -0.25) is 19.1 Å². The van der Waals surface area contributed by atoms with Gasteiger partial charge in [0.15, 0.2) is 11.5 Å². The third kappa shape index (κ3) is 7.29. The first-order chi connectivity index (χ1) is 23.2. The van der Waals surface area contributed by atoms with E-state index in [0.29, 0.717) is 32.4 Å². The monoisotopic (exact) mass is 685 g/mol. The number of carbonyl (C=O) groups excluding carboxylic acids is 3. The van der Waals surface area contributed by atoms with Crippen molar-refractivity contribution in [2.45, 2.75) is 57.9 Å². The zero-order valence-electron chi connectivity index (χ0n) is 27.0. The number of hydrogen-bond acceptors (Lipinski definition) is 8. The molecule has 4 heterocycles. The van der Waals surface area contributed by atoms with Gasteiger partial charge in [-0.2, -0.15) is 18.3 Å². The van der Waals surface area contributed by atoms with Crippen LogP contribution in [0.1, 0.15) is 56.1 Å². The van der Waals surface area contributed by atoms with Gasteiger partial charge in [-0.15, -0.1) is 0 Å². The Bertz CT molecular complexity index is 1880. The Hall–Kier alpha value is -5.22. The zero-order chi connectivity index (χ0) is 35.1. The van der Waals surface area contributed by atoms with Gasteiger partial charge in [0, 0.05) is 56.2 Å². The van der Waals surface area contributed by atoms with E-state index in [-0.39, 0.29) is 64.9 Å². The number of alkyl carbamates (subject to hydrolysis) is 1. The minimum Gasteiger partial charge on any atom is -0.444 e. The molecule has 1 aromatic carbocycles. The molecule has 13 nitrogen and oxygen atoms in total. The molecule has 0 radical (unpaired) electrons. The Morgan fingerprint density at radius 3 is 2.43 bits per heavy atom. The third-order valence-corrected chi connectivity index (χ3v) is 8.47. The fourth-order valence-electron chi connectivity index (χ4n) is 6.18. The number of halogens is 4. The molecule has 2 aliphatic rings. The molecule has 17 heteroatoms. The van der Waals surface area contributed by atoms with Crippen LogP contribution in [0.2, 0.25) is 0 Å². The van der Waals surface area contributed by atoms with E-state index in [1.165, 1.54) is 40.0 Å². The molecular weight excluding hydrogens is 650 g/mol. The van der Waals surface area contributed by atoms with Gasteiger partial charge in [0.25, 0.3) is 5.91 Å². The summed E-state index contributed by atoms with van der Waals surface area (Å²) >= 11 is 0. The van der Waals surface area contributed by atoms with E-state index in [0.717, 1.165) is 12.3 Å². The van der Waals surface area contributed by atoms with Crippen LogP contribution in [0.5, 0.6) is 0 Å². The van der Waals surface area contributed by atoms with Crippen molar-refractivity contribution in [3.63, 3.8) is 0 Å². The number of piperazine rings is 1. The molecule has 2 fully saturated rings. The van der Waals surface area contributed by atoms with Crippen LogP contribution in [-0.4, -0.2) is 90.1 Å². The standard InChI is InChI=1S/C32H35F4N9O4/c1-31(2,3)49-30(48)41-19-5-4-18(14-19)28(46)43-10-12-44(13-11-43)29(47)21-7-6-20(15-23(21)33)40-26-27-38-17-24(45(27)9-8-37-26)22-16-39-42-25(22)32(34,35)36/h6-9,15-19H,4-5,10-14H2,1-3H3,(H,37,40)(H,39,42)(H,41,48)/t18-,19+/m0/s1. The van der Waals surface area contributed by atoms with Crippen molar-refractivity contribution in [3.8, 4) is 11.3 Å². The lowest BCUT2D eigenvalue weighted by molar-refractivity contribution is -0.140. The van der Waals surface area contributed by atoms with Gasteiger partial charge in [-0.05, 0) is 58.2 Å². The maximum atomic E-state index is 15.3. The summed E-state index contributed by atoms with van der Waals surface area (Å²) in [7, 11) is 0. The Morgan fingerprint density at radius 2 is 1.73 bits per heavy atom. The van der Waals surface area contributed by atoms with Crippen molar-refractivity contribution >= 4 is 35.1 Å². The molecule has 1 saturated heterocycles. The molecule has 0 bridgehead atoms. The molecule has 260 valence electrons. The van der Waals surface area contributed by atoms with Gasteiger partial charge < -0.3 is 25.2 Å². The van der Waals surface area contributed by atoms with Gasteiger partial charge >= 0.3 is 12.3 Å². The molecule has 3 amide bonds. The molecule has 49 heavy (non-hydrogen) atoms. The molecule has 2 atom stereocenters. The lowest BCUT2D eigenvalue weighted by atomic mass is 10.1. The highest BCUT2D eigenvalue weighted by atomic mass is 19.4. The van der Waals surface area contributed by atoms with Crippen molar-refractivity contribution in [3.05, 3.63) is 60.1 Å². The van der Waals surface area contributed by atoms with Crippen molar-refractivity contribution in [1.29, 1.82) is 0 Å². The van der Waals surface area contributed by atoms with Crippen molar-refractivity contribution in [2.75, 3.05) is 31.5 Å². The van der Waals surface area contributed by atoms with E-state index in [1.54, 1.807) is 25.7 Å². The molecule has 6 rings (SSSR count). The molecule has 0 spiro atoms. The van der Waals surface area contributed by atoms with Gasteiger partial charge in [0.2, 0.25) is 5.91 Å². The summed E-state index contributed by atoms with van der Waals surface area (Å²) in [6.45, 7) is 6.42. The van der Waals surface area contributed by atoms with Crippen LogP contribution in [0, 0.1) is 11.7 Å². The van der Waals surface area contributed by atoms with Crippen molar-refractivity contribution < 1.29 is 36.7 Å². The van der Waals surface area contributed by atoms with E-state index in [4.69, 9.17) is 4.74 Å². The summed E-state index contributed by atoms with van der Waals surface area (Å²) in [5.74, 6) is -1.42. The van der Waals surface area contributed by atoms with Gasteiger partial charge in [-0.25, -0.2) is 19.2 Å². The van der Waals surface area contributed by atoms with E-state index in [2.05, 4.69) is 25.7 Å². The molecule has 0 unspecified atom stereocenters. The summed E-state index contributed by atoms with van der Waals surface area (Å²) < 4.78 is 62.4. The molecule has 3 aromatic heterocycles. The predicted octanol–water partition coefficient (Wildman–Crippen LogP) is 5.00. The Morgan fingerprint density at radius 1 is 1.00 bits per heavy atom. The highest BCUT2D eigenvalue weighted by molar-refractivity contribution is 5.95. The second-order valence-electron chi connectivity index (χ2n) is 13.1. The number of alkyl halides is 3. The Labute approximate surface area is 278 Å². The normalized spacial score (nSPS) is 18.5. The van der Waals surface area contributed by atoms with Crippen LogP contribution in [0.3, 0.4) is 0 Å². The zero-order valence-corrected chi connectivity index (χ0v) is 27.0. The number of benzene rings is 1. The van der Waals surface area contributed by atoms with Gasteiger partial charge in [-0.1, -0.05) is 0 Å². The fourth-order valence-corrected chi connectivity index (χ4v) is 6.18. The summed E-state index contributed by atoms with van der Waals surface area (Å²) in [6.07, 6.45) is 1.77. The number of nitrogens with zero attached hydrogens (tertiary/aromatic N) is 6. The molecule has 1 aliphatic carbocycles. The van der Waals surface area contributed by atoms with Crippen molar-refractivity contribution in [1.82, 2.24) is 39.7 Å². The molecule has 1 saturated carbocycles. The first-order valence-electron chi connectivity index (χ1n) is 15.7. The van der Waals surface area contributed by atoms with Crippen molar-refractivity contribution in [2.24, 2.45) is 5.92 Å². The van der Waals surface area contributed by atoms with Crippen LogP contribution >= 0.6 is 0 Å². The number of imidazole rings is 1. The summed E-state index contributed by atoms with van der Waals surface area (Å²) in [6, 6.07) is 3.81. The number of anilines is 2. The van der Waals surface area contributed by atoms with E-state index in [9.17, 15) is 27.6 Å². The average molecular weight is 686 g/mol. The van der Waals surface area contributed by atoms with E-state index < -0.39 is 35.3 Å². The number of rotatable bonds is 6. The molecule has 1 aliphatic heterocycles. The minimum absolute atomic E-state index is 0.0269. The first kappa shape index (κ1) is 33.7. The first-order valence-corrected chi connectivity index (χ1v) is 15.7.